The second-order valence-corrected chi connectivity index (χ2v) is 5.71. The molecule has 19 heavy (non-hydrogen) atoms. The predicted octanol–water partition coefficient (Wildman–Crippen LogP) is 3.28. The van der Waals surface area contributed by atoms with Crippen molar-refractivity contribution in [1.29, 1.82) is 0 Å². The van der Waals surface area contributed by atoms with Crippen molar-refractivity contribution in [2.24, 2.45) is 5.41 Å². The fourth-order valence-corrected chi connectivity index (χ4v) is 1.67. The summed E-state index contributed by atoms with van der Waals surface area (Å²) >= 11 is 0. The first kappa shape index (κ1) is 15.5. The van der Waals surface area contributed by atoms with Crippen LogP contribution in [0.15, 0.2) is 18.2 Å². The lowest BCUT2D eigenvalue weighted by Crippen LogP contribution is -2.27. The number of amides is 1. The molecule has 0 aliphatic carbocycles. The number of carbonyl (C=O) groups is 1. The molecule has 0 aliphatic heterocycles. The van der Waals surface area contributed by atoms with E-state index in [1.807, 2.05) is 20.8 Å². The fourth-order valence-electron chi connectivity index (χ4n) is 1.67. The molecule has 0 unspecified atom stereocenters. The van der Waals surface area contributed by atoms with Crippen LogP contribution in [0, 0.1) is 11.2 Å². The summed E-state index contributed by atoms with van der Waals surface area (Å²) in [5.74, 6) is -0.182. The van der Waals surface area contributed by atoms with Gasteiger partial charge in [0.25, 0.3) is 0 Å². The summed E-state index contributed by atoms with van der Waals surface area (Å²) in [4.78, 5) is 11.7. The van der Waals surface area contributed by atoms with E-state index in [-0.39, 0.29) is 17.1 Å². The summed E-state index contributed by atoms with van der Waals surface area (Å²) in [6.07, 6.45) is 0.451. The van der Waals surface area contributed by atoms with Crippen LogP contribution >= 0.6 is 0 Å². The van der Waals surface area contributed by atoms with Gasteiger partial charge in [0.15, 0.2) is 11.6 Å². The first-order valence-electron chi connectivity index (χ1n) is 6.50. The molecule has 0 fully saturated rings. The summed E-state index contributed by atoms with van der Waals surface area (Å²) in [6, 6.07) is 4.73. The van der Waals surface area contributed by atoms with E-state index in [4.69, 9.17) is 4.74 Å². The summed E-state index contributed by atoms with van der Waals surface area (Å²) in [6.45, 7) is 8.58. The molecule has 1 aromatic rings. The van der Waals surface area contributed by atoms with Gasteiger partial charge in [-0.05, 0) is 30.0 Å². The number of benzene rings is 1. The first-order chi connectivity index (χ1) is 8.81. The molecule has 1 amide bonds. The maximum atomic E-state index is 13.6. The Morgan fingerprint density at radius 3 is 2.58 bits per heavy atom. The van der Waals surface area contributed by atoms with E-state index in [9.17, 15) is 9.18 Å². The number of hydrogen-bond donors (Lipinski definition) is 1. The van der Waals surface area contributed by atoms with Gasteiger partial charge in [-0.25, -0.2) is 4.39 Å². The highest BCUT2D eigenvalue weighted by Crippen LogP contribution is 2.19. The second kappa shape index (κ2) is 6.55. The fraction of sp³-hybridized carbons (Fsp3) is 0.533. The molecule has 0 saturated heterocycles. The Bertz CT molecular complexity index is 438. The average molecular weight is 267 g/mol. The summed E-state index contributed by atoms with van der Waals surface area (Å²) in [5, 5.41) is 2.79. The van der Waals surface area contributed by atoms with E-state index in [1.54, 1.807) is 19.1 Å². The van der Waals surface area contributed by atoms with Crippen molar-refractivity contribution in [2.45, 2.75) is 40.7 Å². The average Bonchev–Trinajstić information content (AvgIpc) is 2.27. The zero-order chi connectivity index (χ0) is 14.5. The number of carbonyl (C=O) groups excluding carboxylic acids is 1. The number of ether oxygens (including phenoxy) is 1. The molecule has 3 nitrogen and oxygen atoms in total. The lowest BCUT2D eigenvalue weighted by Gasteiger charge is -2.17. The minimum absolute atomic E-state index is 0.0261. The van der Waals surface area contributed by atoms with Crippen LogP contribution in [0.25, 0.3) is 0 Å². The third kappa shape index (κ3) is 5.73. The standard InChI is InChI=1S/C15H22FNO2/c1-5-19-13-7-6-11(8-12(13)16)10-17-14(18)9-15(2,3)4/h6-8H,5,9-10H2,1-4H3,(H,17,18). The first-order valence-corrected chi connectivity index (χ1v) is 6.50. The highest BCUT2D eigenvalue weighted by atomic mass is 19.1. The number of halogens is 1. The van der Waals surface area contributed by atoms with Crippen LogP contribution in [0.5, 0.6) is 5.75 Å². The molecule has 0 heterocycles. The number of rotatable bonds is 5. The van der Waals surface area contributed by atoms with Gasteiger partial charge in [-0.2, -0.15) is 0 Å². The van der Waals surface area contributed by atoms with E-state index in [0.717, 1.165) is 5.56 Å². The topological polar surface area (TPSA) is 38.3 Å². The van der Waals surface area contributed by atoms with E-state index < -0.39 is 5.82 Å². The van der Waals surface area contributed by atoms with Crippen molar-refractivity contribution >= 4 is 5.91 Å². The molecule has 1 N–H and O–H groups in total. The Balaban J connectivity index is 2.54. The Morgan fingerprint density at radius 1 is 1.37 bits per heavy atom. The van der Waals surface area contributed by atoms with E-state index >= 15 is 0 Å². The van der Waals surface area contributed by atoms with Crippen molar-refractivity contribution in [2.75, 3.05) is 6.61 Å². The van der Waals surface area contributed by atoms with Gasteiger partial charge in [0.1, 0.15) is 0 Å². The summed E-state index contributed by atoms with van der Waals surface area (Å²) in [7, 11) is 0. The monoisotopic (exact) mass is 267 g/mol. The van der Waals surface area contributed by atoms with Crippen LogP contribution in [0.4, 0.5) is 4.39 Å². The third-order valence-corrected chi connectivity index (χ3v) is 2.48. The zero-order valence-corrected chi connectivity index (χ0v) is 12.0. The quantitative estimate of drug-likeness (QED) is 0.889. The Hall–Kier alpha value is -1.58. The van der Waals surface area contributed by atoms with Crippen LogP contribution in [0.3, 0.4) is 0 Å². The van der Waals surface area contributed by atoms with Crippen LogP contribution in [-0.2, 0) is 11.3 Å². The Morgan fingerprint density at radius 2 is 2.05 bits per heavy atom. The van der Waals surface area contributed by atoms with Crippen molar-refractivity contribution in [3.05, 3.63) is 29.6 Å². The zero-order valence-electron chi connectivity index (χ0n) is 12.0. The molecule has 106 valence electrons. The molecular weight excluding hydrogens is 245 g/mol. The minimum Gasteiger partial charge on any atom is -0.491 e. The van der Waals surface area contributed by atoms with Crippen LogP contribution < -0.4 is 10.1 Å². The SMILES string of the molecule is CCOc1ccc(CNC(=O)CC(C)(C)C)cc1F. The normalized spacial score (nSPS) is 11.2. The molecule has 4 heteroatoms. The third-order valence-electron chi connectivity index (χ3n) is 2.48. The van der Waals surface area contributed by atoms with Crippen molar-refractivity contribution in [3.63, 3.8) is 0 Å². The second-order valence-electron chi connectivity index (χ2n) is 5.71. The molecule has 0 bridgehead atoms. The molecule has 0 saturated carbocycles. The molecule has 0 atom stereocenters. The molecule has 0 aliphatic rings. The van der Waals surface area contributed by atoms with Crippen LogP contribution in [-0.4, -0.2) is 12.5 Å². The Kier molecular flexibility index (Phi) is 5.33. The smallest absolute Gasteiger partial charge is 0.220 e. The maximum Gasteiger partial charge on any atom is 0.220 e. The lowest BCUT2D eigenvalue weighted by atomic mass is 9.92. The van der Waals surface area contributed by atoms with Gasteiger partial charge in [0, 0.05) is 13.0 Å². The van der Waals surface area contributed by atoms with Gasteiger partial charge >= 0.3 is 0 Å². The molecule has 0 aromatic heterocycles. The van der Waals surface area contributed by atoms with E-state index in [1.165, 1.54) is 6.07 Å². The van der Waals surface area contributed by atoms with E-state index in [2.05, 4.69) is 5.32 Å². The lowest BCUT2D eigenvalue weighted by molar-refractivity contribution is -0.122. The van der Waals surface area contributed by atoms with Gasteiger partial charge in [-0.1, -0.05) is 26.8 Å². The van der Waals surface area contributed by atoms with Crippen molar-refractivity contribution < 1.29 is 13.9 Å². The Labute approximate surface area is 114 Å². The van der Waals surface area contributed by atoms with Gasteiger partial charge in [0.2, 0.25) is 5.91 Å². The largest absolute Gasteiger partial charge is 0.491 e. The molecule has 1 aromatic carbocycles. The van der Waals surface area contributed by atoms with Crippen molar-refractivity contribution in [3.8, 4) is 5.75 Å². The molecular formula is C15H22FNO2. The molecule has 0 spiro atoms. The van der Waals surface area contributed by atoms with Gasteiger partial charge in [-0.3, -0.25) is 4.79 Å². The molecule has 1 rings (SSSR count). The van der Waals surface area contributed by atoms with Gasteiger partial charge in [0.05, 0.1) is 6.61 Å². The minimum atomic E-state index is -0.399. The number of nitrogens with one attached hydrogen (secondary N) is 1. The highest BCUT2D eigenvalue weighted by Gasteiger charge is 2.15. The van der Waals surface area contributed by atoms with Gasteiger partial charge in [-0.15, -0.1) is 0 Å². The van der Waals surface area contributed by atoms with Crippen molar-refractivity contribution in [1.82, 2.24) is 5.32 Å². The summed E-state index contributed by atoms with van der Waals surface area (Å²) in [5.41, 5.74) is 0.678. The summed E-state index contributed by atoms with van der Waals surface area (Å²) < 4.78 is 18.7. The molecule has 0 radical (unpaired) electrons. The van der Waals surface area contributed by atoms with Crippen LogP contribution in [0.1, 0.15) is 39.7 Å². The van der Waals surface area contributed by atoms with Gasteiger partial charge < -0.3 is 10.1 Å². The predicted molar refractivity (Wildman–Crippen MR) is 73.5 cm³/mol. The highest BCUT2D eigenvalue weighted by molar-refractivity contribution is 5.76. The number of hydrogen-bond acceptors (Lipinski definition) is 2. The maximum absolute atomic E-state index is 13.6. The van der Waals surface area contributed by atoms with E-state index in [0.29, 0.717) is 19.6 Å². The van der Waals surface area contributed by atoms with Crippen LogP contribution in [0.2, 0.25) is 0 Å².